The van der Waals surface area contributed by atoms with Crippen molar-refractivity contribution >= 4 is 12.0 Å². The molecule has 0 radical (unpaired) electrons. The van der Waals surface area contributed by atoms with Gasteiger partial charge in [-0.15, -0.1) is 0 Å². The number of piperidine rings is 1. The summed E-state index contributed by atoms with van der Waals surface area (Å²) < 4.78 is 0. The first-order valence-electron chi connectivity index (χ1n) is 8.13. The lowest BCUT2D eigenvalue weighted by Gasteiger charge is -2.42. The third kappa shape index (κ3) is 3.01. The van der Waals surface area contributed by atoms with E-state index in [1.54, 1.807) is 11.8 Å². The van der Waals surface area contributed by atoms with Crippen LogP contribution in [0.15, 0.2) is 0 Å². The van der Waals surface area contributed by atoms with Gasteiger partial charge in [-0.1, -0.05) is 26.7 Å². The Morgan fingerprint density at radius 3 is 1.95 bits per heavy atom. The van der Waals surface area contributed by atoms with Crippen molar-refractivity contribution in [2.45, 2.75) is 52.9 Å². The molecule has 1 atom stereocenters. The molecule has 0 aliphatic carbocycles. The number of rotatable bonds is 3. The molecule has 1 N–H and O–H groups in total. The fourth-order valence-electron chi connectivity index (χ4n) is 3.63. The molecule has 2 rings (SSSR count). The van der Waals surface area contributed by atoms with Crippen LogP contribution in [0.1, 0.15) is 52.9 Å². The lowest BCUT2D eigenvalue weighted by atomic mass is 9.74. The Morgan fingerprint density at radius 1 is 1.00 bits per heavy atom. The van der Waals surface area contributed by atoms with E-state index in [0.29, 0.717) is 24.9 Å². The van der Waals surface area contributed by atoms with Crippen molar-refractivity contribution in [3.8, 4) is 0 Å². The van der Waals surface area contributed by atoms with Gasteiger partial charge in [0.05, 0.1) is 5.41 Å². The molecule has 2 saturated heterocycles. The number of nitrogens with zero attached hydrogens (tertiary/aromatic N) is 2. The molecule has 120 valence electrons. The second-order valence-corrected chi connectivity index (χ2v) is 7.01. The van der Waals surface area contributed by atoms with Gasteiger partial charge in [0, 0.05) is 26.2 Å². The average molecular weight is 296 g/mol. The molecule has 5 heteroatoms. The first kappa shape index (κ1) is 16.1. The van der Waals surface area contributed by atoms with Crippen LogP contribution < -0.4 is 0 Å². The molecule has 1 unspecified atom stereocenters. The standard InChI is InChI=1S/C16H28N2O3/c1-4-16(5-2)7-10-17(11-8-16)14(21)18-9-6-15(3,12-18)13(19)20/h4-12H2,1-3H3,(H,19,20). The van der Waals surface area contributed by atoms with E-state index in [1.165, 1.54) is 12.8 Å². The Bertz CT molecular complexity index is 410. The van der Waals surface area contributed by atoms with E-state index < -0.39 is 11.4 Å². The Hall–Kier alpha value is -1.26. The van der Waals surface area contributed by atoms with Crippen molar-refractivity contribution in [2.24, 2.45) is 10.8 Å². The maximum absolute atomic E-state index is 12.6. The van der Waals surface area contributed by atoms with Gasteiger partial charge in [0.2, 0.25) is 0 Å². The van der Waals surface area contributed by atoms with Crippen LogP contribution in [0.5, 0.6) is 0 Å². The van der Waals surface area contributed by atoms with Crippen molar-refractivity contribution in [2.75, 3.05) is 26.2 Å². The van der Waals surface area contributed by atoms with Gasteiger partial charge in [-0.05, 0) is 31.6 Å². The number of urea groups is 1. The molecular weight excluding hydrogens is 268 g/mol. The number of amides is 2. The molecule has 0 aromatic carbocycles. The Labute approximate surface area is 127 Å². The normalized spacial score (nSPS) is 28.7. The van der Waals surface area contributed by atoms with E-state index in [9.17, 15) is 14.7 Å². The molecular formula is C16H28N2O3. The van der Waals surface area contributed by atoms with Gasteiger partial charge in [0.25, 0.3) is 0 Å². The highest BCUT2D eigenvalue weighted by Crippen LogP contribution is 2.38. The molecule has 0 aromatic heterocycles. The second kappa shape index (κ2) is 5.85. The minimum Gasteiger partial charge on any atom is -0.481 e. The van der Waals surface area contributed by atoms with E-state index in [1.807, 2.05) is 4.90 Å². The summed E-state index contributed by atoms with van der Waals surface area (Å²) >= 11 is 0. The monoisotopic (exact) mass is 296 g/mol. The van der Waals surface area contributed by atoms with Crippen molar-refractivity contribution in [1.29, 1.82) is 0 Å². The van der Waals surface area contributed by atoms with Crippen molar-refractivity contribution in [1.82, 2.24) is 9.80 Å². The summed E-state index contributed by atoms with van der Waals surface area (Å²) in [6.45, 7) is 8.72. The predicted molar refractivity (Wildman–Crippen MR) is 81.2 cm³/mol. The number of carboxylic acids is 1. The zero-order valence-corrected chi connectivity index (χ0v) is 13.5. The second-order valence-electron chi connectivity index (χ2n) is 7.01. The van der Waals surface area contributed by atoms with Crippen LogP contribution in [-0.4, -0.2) is 53.1 Å². The van der Waals surface area contributed by atoms with Crippen LogP contribution in [0.3, 0.4) is 0 Å². The van der Waals surface area contributed by atoms with Gasteiger partial charge in [0.1, 0.15) is 0 Å². The van der Waals surface area contributed by atoms with Gasteiger partial charge in [-0.25, -0.2) is 4.79 Å². The molecule has 2 heterocycles. The summed E-state index contributed by atoms with van der Waals surface area (Å²) in [4.78, 5) is 27.5. The number of carboxylic acid groups (broad SMARTS) is 1. The number of aliphatic carboxylic acids is 1. The molecule has 2 aliphatic rings. The largest absolute Gasteiger partial charge is 0.481 e. The number of likely N-dealkylation sites (tertiary alicyclic amines) is 2. The predicted octanol–water partition coefficient (Wildman–Crippen LogP) is 2.81. The highest BCUT2D eigenvalue weighted by molar-refractivity contribution is 5.79. The van der Waals surface area contributed by atoms with Gasteiger partial charge in [-0.3, -0.25) is 4.79 Å². The number of hydrogen-bond donors (Lipinski definition) is 1. The zero-order chi connectivity index (χ0) is 15.7. The van der Waals surface area contributed by atoms with Crippen LogP contribution in [0.4, 0.5) is 4.79 Å². The van der Waals surface area contributed by atoms with Gasteiger partial charge in [-0.2, -0.15) is 0 Å². The Morgan fingerprint density at radius 2 is 1.52 bits per heavy atom. The fourth-order valence-corrected chi connectivity index (χ4v) is 3.63. The third-order valence-corrected chi connectivity index (χ3v) is 5.85. The summed E-state index contributed by atoms with van der Waals surface area (Å²) in [6, 6.07) is 0.0285. The molecule has 2 aliphatic heterocycles. The van der Waals surface area contributed by atoms with Gasteiger partial charge in [0.15, 0.2) is 0 Å². The molecule has 0 aromatic rings. The fraction of sp³-hybridized carbons (Fsp3) is 0.875. The van der Waals surface area contributed by atoms with Crippen LogP contribution in [0.25, 0.3) is 0 Å². The quantitative estimate of drug-likeness (QED) is 0.871. The Balaban J connectivity index is 1.93. The molecule has 5 nitrogen and oxygen atoms in total. The molecule has 21 heavy (non-hydrogen) atoms. The summed E-state index contributed by atoms with van der Waals surface area (Å²) in [6.07, 6.45) is 5.03. The Kier molecular flexibility index (Phi) is 4.49. The van der Waals surface area contributed by atoms with Crippen LogP contribution in [0, 0.1) is 10.8 Å². The maximum atomic E-state index is 12.6. The molecule has 2 fully saturated rings. The summed E-state index contributed by atoms with van der Waals surface area (Å²) in [7, 11) is 0. The van der Waals surface area contributed by atoms with E-state index in [0.717, 1.165) is 25.9 Å². The van der Waals surface area contributed by atoms with Gasteiger partial charge >= 0.3 is 12.0 Å². The van der Waals surface area contributed by atoms with Crippen LogP contribution in [0.2, 0.25) is 0 Å². The molecule has 0 bridgehead atoms. The van der Waals surface area contributed by atoms with Crippen molar-refractivity contribution < 1.29 is 14.7 Å². The van der Waals surface area contributed by atoms with E-state index >= 15 is 0 Å². The lowest BCUT2D eigenvalue weighted by Crippen LogP contribution is -2.48. The SMILES string of the molecule is CCC1(CC)CCN(C(=O)N2CCC(C)(C(=O)O)C2)CC1. The lowest BCUT2D eigenvalue weighted by molar-refractivity contribution is -0.147. The highest BCUT2D eigenvalue weighted by atomic mass is 16.4. The molecule has 0 saturated carbocycles. The van der Waals surface area contributed by atoms with Crippen LogP contribution >= 0.6 is 0 Å². The topological polar surface area (TPSA) is 60.9 Å². The highest BCUT2D eigenvalue weighted by Gasteiger charge is 2.44. The molecule has 2 amide bonds. The first-order valence-corrected chi connectivity index (χ1v) is 8.13. The minimum absolute atomic E-state index is 0.0285. The van der Waals surface area contributed by atoms with Gasteiger partial charge < -0.3 is 14.9 Å². The third-order valence-electron chi connectivity index (χ3n) is 5.85. The minimum atomic E-state index is -0.799. The van der Waals surface area contributed by atoms with E-state index in [4.69, 9.17) is 0 Å². The number of carbonyl (C=O) groups excluding carboxylic acids is 1. The molecule has 0 spiro atoms. The smallest absolute Gasteiger partial charge is 0.320 e. The summed E-state index contributed by atoms with van der Waals surface area (Å²) in [5, 5.41) is 9.26. The van der Waals surface area contributed by atoms with Crippen molar-refractivity contribution in [3.63, 3.8) is 0 Å². The van der Waals surface area contributed by atoms with E-state index in [2.05, 4.69) is 13.8 Å². The van der Waals surface area contributed by atoms with Crippen molar-refractivity contribution in [3.05, 3.63) is 0 Å². The summed E-state index contributed by atoms with van der Waals surface area (Å²) in [5.41, 5.74) is -0.376. The maximum Gasteiger partial charge on any atom is 0.320 e. The first-order chi connectivity index (χ1) is 9.86. The summed E-state index contributed by atoms with van der Waals surface area (Å²) in [5.74, 6) is -0.799. The average Bonchev–Trinajstić information content (AvgIpc) is 2.90. The van der Waals surface area contributed by atoms with E-state index in [-0.39, 0.29) is 6.03 Å². The zero-order valence-electron chi connectivity index (χ0n) is 13.5. The number of carbonyl (C=O) groups is 2. The van der Waals surface area contributed by atoms with Crippen LogP contribution in [-0.2, 0) is 4.79 Å². The number of hydrogen-bond acceptors (Lipinski definition) is 2.